The molecule has 1 heterocycles. The molecule has 3 unspecified atom stereocenters. The Bertz CT molecular complexity index is 841. The van der Waals surface area contributed by atoms with Crippen LogP contribution in [0.4, 0.5) is 0 Å². The number of aliphatic imine (C=N–C) groups is 1. The Balaban J connectivity index is 0.000000604. The molecule has 3 rings (SSSR count). The van der Waals surface area contributed by atoms with Gasteiger partial charge < -0.3 is 9.47 Å². The summed E-state index contributed by atoms with van der Waals surface area (Å²) in [6, 6.07) is 9.26. The Hall–Kier alpha value is -2.01. The summed E-state index contributed by atoms with van der Waals surface area (Å²) in [7, 11) is 0. The SMILES string of the molecule is CC1/C=C(OCCC2N=C(c3ccc(C(C)C)cc3)SC2C)\C=C/CCCC1.CCOC(C)=O. The Kier molecular flexibility index (Phi) is 12.5. The fourth-order valence-corrected chi connectivity index (χ4v) is 5.11. The van der Waals surface area contributed by atoms with Crippen LogP contribution in [0.1, 0.15) is 90.7 Å². The first-order chi connectivity index (χ1) is 16.3. The first kappa shape index (κ1) is 28.2. The number of ether oxygens (including phenoxy) is 2. The van der Waals surface area contributed by atoms with Gasteiger partial charge in [0.25, 0.3) is 0 Å². The zero-order valence-corrected chi connectivity index (χ0v) is 22.7. The molecule has 3 atom stereocenters. The second-order valence-corrected chi connectivity index (χ2v) is 10.8. The van der Waals surface area contributed by atoms with Gasteiger partial charge >= 0.3 is 5.97 Å². The van der Waals surface area contributed by atoms with Crippen molar-refractivity contribution in [3.63, 3.8) is 0 Å². The third-order valence-corrected chi connectivity index (χ3v) is 7.24. The summed E-state index contributed by atoms with van der Waals surface area (Å²) in [5, 5.41) is 1.69. The van der Waals surface area contributed by atoms with E-state index in [1.165, 1.54) is 42.4 Å². The zero-order valence-electron chi connectivity index (χ0n) is 21.9. The molecule has 0 saturated carbocycles. The number of carbonyl (C=O) groups is 1. The van der Waals surface area contributed by atoms with Crippen LogP contribution in [0.3, 0.4) is 0 Å². The number of thioether (sulfide) groups is 1. The first-order valence-corrected chi connectivity index (χ1v) is 13.7. The van der Waals surface area contributed by atoms with E-state index >= 15 is 0 Å². The molecular weight excluding hydrogens is 442 g/mol. The molecule has 0 saturated heterocycles. The maximum atomic E-state index is 9.82. The van der Waals surface area contributed by atoms with Crippen molar-refractivity contribution in [1.82, 2.24) is 0 Å². The molecule has 0 N–H and O–H groups in total. The standard InChI is InChI=1S/C25H35NOS.C4H8O2/c1-18(2)21-11-13-22(14-12-21)25-26-24(20(4)28-25)15-16-27-23-10-8-6-5-7-9-19(3)17-23;1-3-6-4(2)5/h8,10-14,17-20,24H,5-7,9,15-16H2,1-4H3;3H2,1-2H3/b10-8-,23-17+;. The molecule has 0 bridgehead atoms. The number of hydrogen-bond donors (Lipinski definition) is 0. The Morgan fingerprint density at radius 2 is 1.91 bits per heavy atom. The van der Waals surface area contributed by atoms with Gasteiger partial charge in [0.05, 0.1) is 24.3 Å². The van der Waals surface area contributed by atoms with E-state index in [0.29, 0.717) is 29.7 Å². The van der Waals surface area contributed by atoms with E-state index in [0.717, 1.165) is 25.2 Å². The van der Waals surface area contributed by atoms with Gasteiger partial charge in [0.1, 0.15) is 5.76 Å². The van der Waals surface area contributed by atoms with Gasteiger partial charge in [-0.25, -0.2) is 0 Å². The van der Waals surface area contributed by atoms with E-state index in [9.17, 15) is 4.79 Å². The normalized spacial score (nSPS) is 25.0. The number of rotatable bonds is 7. The van der Waals surface area contributed by atoms with Gasteiger partial charge in [0.15, 0.2) is 0 Å². The van der Waals surface area contributed by atoms with Gasteiger partial charge in [-0.2, -0.15) is 0 Å². The molecule has 5 heteroatoms. The van der Waals surface area contributed by atoms with Crippen LogP contribution < -0.4 is 0 Å². The molecule has 0 aromatic heterocycles. The van der Waals surface area contributed by atoms with E-state index in [1.54, 1.807) is 6.92 Å². The van der Waals surface area contributed by atoms with Gasteiger partial charge in [0, 0.05) is 24.2 Å². The maximum Gasteiger partial charge on any atom is 0.302 e. The number of carbonyl (C=O) groups excluding carboxylic acids is 1. The number of allylic oxidation sites excluding steroid dienone is 3. The molecule has 188 valence electrons. The first-order valence-electron chi connectivity index (χ1n) is 12.8. The van der Waals surface area contributed by atoms with Crippen LogP contribution in [0.2, 0.25) is 0 Å². The van der Waals surface area contributed by atoms with Crippen molar-refractivity contribution in [2.45, 2.75) is 90.9 Å². The summed E-state index contributed by atoms with van der Waals surface area (Å²) >= 11 is 1.90. The molecule has 1 aromatic carbocycles. The van der Waals surface area contributed by atoms with Gasteiger partial charge in [-0.15, -0.1) is 11.8 Å². The summed E-state index contributed by atoms with van der Waals surface area (Å²) in [5.41, 5.74) is 2.64. The molecule has 0 amide bonds. The fraction of sp³-hybridized carbons (Fsp3) is 0.586. The monoisotopic (exact) mass is 485 g/mol. The van der Waals surface area contributed by atoms with E-state index in [2.05, 4.69) is 74.9 Å². The molecule has 4 nitrogen and oxygen atoms in total. The molecule has 1 aliphatic carbocycles. The highest BCUT2D eigenvalue weighted by Crippen LogP contribution is 2.32. The Labute approximate surface area is 211 Å². The quantitative estimate of drug-likeness (QED) is 0.371. The second kappa shape index (κ2) is 15.1. The number of nitrogens with zero attached hydrogens (tertiary/aromatic N) is 1. The maximum absolute atomic E-state index is 9.82. The highest BCUT2D eigenvalue weighted by Gasteiger charge is 2.27. The zero-order chi connectivity index (χ0) is 24.9. The van der Waals surface area contributed by atoms with Crippen LogP contribution in [-0.2, 0) is 14.3 Å². The summed E-state index contributed by atoms with van der Waals surface area (Å²) in [4.78, 5) is 14.8. The van der Waals surface area contributed by atoms with Crippen molar-refractivity contribution in [1.29, 1.82) is 0 Å². The van der Waals surface area contributed by atoms with Gasteiger partial charge in [-0.1, -0.05) is 64.5 Å². The lowest BCUT2D eigenvalue weighted by Crippen LogP contribution is -2.16. The largest absolute Gasteiger partial charge is 0.494 e. The molecule has 2 aliphatic rings. The predicted octanol–water partition coefficient (Wildman–Crippen LogP) is 7.69. The Morgan fingerprint density at radius 1 is 1.18 bits per heavy atom. The summed E-state index contributed by atoms with van der Waals surface area (Å²) in [6.07, 6.45) is 12.7. The lowest BCUT2D eigenvalue weighted by atomic mass is 10.0. The number of benzene rings is 1. The molecule has 0 spiro atoms. The Morgan fingerprint density at radius 3 is 2.53 bits per heavy atom. The fourth-order valence-electron chi connectivity index (χ4n) is 3.94. The minimum absolute atomic E-state index is 0.211. The van der Waals surface area contributed by atoms with Crippen molar-refractivity contribution in [3.8, 4) is 0 Å². The lowest BCUT2D eigenvalue weighted by Gasteiger charge is -2.14. The third-order valence-electron chi connectivity index (χ3n) is 5.99. The highest BCUT2D eigenvalue weighted by molar-refractivity contribution is 8.15. The van der Waals surface area contributed by atoms with Crippen LogP contribution in [-0.4, -0.2) is 35.5 Å². The molecular formula is C29H43NO3S. The van der Waals surface area contributed by atoms with Crippen LogP contribution >= 0.6 is 11.8 Å². The van der Waals surface area contributed by atoms with Crippen molar-refractivity contribution >= 4 is 22.8 Å². The molecule has 1 aromatic rings. The summed E-state index contributed by atoms with van der Waals surface area (Å²) in [5.74, 6) is 2.00. The van der Waals surface area contributed by atoms with Crippen molar-refractivity contribution < 1.29 is 14.3 Å². The minimum atomic E-state index is -0.211. The molecule has 34 heavy (non-hydrogen) atoms. The van der Waals surface area contributed by atoms with Gasteiger partial charge in [-0.3, -0.25) is 9.79 Å². The van der Waals surface area contributed by atoms with Crippen LogP contribution in [0, 0.1) is 5.92 Å². The summed E-state index contributed by atoms with van der Waals surface area (Å²) < 4.78 is 10.5. The van der Waals surface area contributed by atoms with Crippen LogP contribution in [0.5, 0.6) is 0 Å². The lowest BCUT2D eigenvalue weighted by molar-refractivity contribution is -0.140. The van der Waals surface area contributed by atoms with Crippen molar-refractivity contribution in [2.75, 3.05) is 13.2 Å². The predicted molar refractivity (Wildman–Crippen MR) is 146 cm³/mol. The van der Waals surface area contributed by atoms with Gasteiger partial charge in [-0.05, 0) is 55.7 Å². The van der Waals surface area contributed by atoms with E-state index in [4.69, 9.17) is 9.73 Å². The van der Waals surface area contributed by atoms with Crippen molar-refractivity contribution in [3.05, 3.63) is 59.4 Å². The van der Waals surface area contributed by atoms with Gasteiger partial charge in [0.2, 0.25) is 0 Å². The smallest absolute Gasteiger partial charge is 0.302 e. The number of esters is 1. The van der Waals surface area contributed by atoms with E-state index in [1.807, 2.05) is 11.8 Å². The van der Waals surface area contributed by atoms with Crippen molar-refractivity contribution in [2.24, 2.45) is 10.9 Å². The van der Waals surface area contributed by atoms with Crippen LogP contribution in [0.15, 0.2) is 53.2 Å². The molecule has 0 fully saturated rings. The average Bonchev–Trinajstić information content (AvgIpc) is 3.20. The number of hydrogen-bond acceptors (Lipinski definition) is 5. The third kappa shape index (κ3) is 10.1. The second-order valence-electron chi connectivity index (χ2n) is 9.40. The summed E-state index contributed by atoms with van der Waals surface area (Å²) in [6.45, 7) is 13.4. The van der Waals surface area contributed by atoms with Crippen LogP contribution in [0.25, 0.3) is 0 Å². The minimum Gasteiger partial charge on any atom is -0.494 e. The molecule has 0 radical (unpaired) electrons. The average molecular weight is 486 g/mol. The van der Waals surface area contributed by atoms with E-state index in [-0.39, 0.29) is 5.97 Å². The topological polar surface area (TPSA) is 47.9 Å². The highest BCUT2D eigenvalue weighted by atomic mass is 32.2. The van der Waals surface area contributed by atoms with E-state index < -0.39 is 0 Å². The molecule has 1 aliphatic heterocycles.